The maximum Gasteiger partial charge on any atom is 0.151 e. The lowest BCUT2D eigenvalue weighted by molar-refractivity contribution is 0.274. The minimum absolute atomic E-state index is 0.0356. The molecule has 0 fully saturated rings. The molecule has 1 atom stereocenters. The van der Waals surface area contributed by atoms with Gasteiger partial charge in [-0.3, -0.25) is 4.98 Å². The van der Waals surface area contributed by atoms with Gasteiger partial charge in [0.05, 0.1) is 51.6 Å². The molecule has 4 aromatic rings. The zero-order valence-corrected chi connectivity index (χ0v) is 21.2. The number of halogens is 3. The third-order valence-corrected chi connectivity index (χ3v) is 7.42. The highest BCUT2D eigenvalue weighted by Gasteiger charge is 2.22. The number of aliphatic hydroxyl groups is 1. The van der Waals surface area contributed by atoms with Gasteiger partial charge in [-0.05, 0) is 50.6 Å². The lowest BCUT2D eigenvalue weighted by Gasteiger charge is -2.21. The first kappa shape index (κ1) is 25.6. The monoisotopic (exact) mass is 527 g/mol. The molecule has 7 nitrogen and oxygen atoms in total. The van der Waals surface area contributed by atoms with E-state index in [0.29, 0.717) is 16.7 Å². The van der Waals surface area contributed by atoms with E-state index in [-0.39, 0.29) is 38.6 Å². The predicted octanol–water partition coefficient (Wildman–Crippen LogP) is 5.20. The van der Waals surface area contributed by atoms with Crippen LogP contribution in [0.25, 0.3) is 22.3 Å². The second-order valence-electron chi connectivity index (χ2n) is 8.56. The first-order valence-electron chi connectivity index (χ1n) is 10.8. The molecule has 0 unspecified atom stereocenters. The minimum atomic E-state index is -2.60. The van der Waals surface area contributed by atoms with Crippen LogP contribution in [-0.4, -0.2) is 40.0 Å². The zero-order chi connectivity index (χ0) is 26.2. The van der Waals surface area contributed by atoms with Crippen LogP contribution in [0, 0.1) is 29.9 Å². The van der Waals surface area contributed by atoms with E-state index in [1.165, 1.54) is 24.4 Å². The van der Waals surface area contributed by atoms with Crippen molar-refractivity contribution in [3.05, 3.63) is 76.1 Å². The van der Waals surface area contributed by atoms with Crippen LogP contribution < -0.4 is 10.8 Å². The maximum atomic E-state index is 15.1. The molecular weight excluding hydrogens is 507 g/mol. The summed E-state index contributed by atoms with van der Waals surface area (Å²) >= 11 is 6.54. The van der Waals surface area contributed by atoms with Crippen molar-refractivity contribution < 1.29 is 18.5 Å². The fraction of sp³-hybridized carbons (Fsp3) is 0.200. The van der Waals surface area contributed by atoms with Crippen molar-refractivity contribution >= 4 is 40.9 Å². The van der Waals surface area contributed by atoms with Crippen molar-refractivity contribution in [3.63, 3.8) is 0 Å². The van der Waals surface area contributed by atoms with Crippen molar-refractivity contribution in [3.8, 4) is 17.3 Å². The number of pyridine rings is 3. The minimum Gasteiger partial charge on any atom is -0.394 e. The van der Waals surface area contributed by atoms with Gasteiger partial charge in [-0.15, -0.1) is 0 Å². The molecule has 0 aliphatic carbocycles. The van der Waals surface area contributed by atoms with Crippen LogP contribution in [0.15, 0.2) is 42.6 Å². The Labute approximate surface area is 211 Å². The smallest absolute Gasteiger partial charge is 0.151 e. The van der Waals surface area contributed by atoms with Gasteiger partial charge in [-0.25, -0.2) is 18.7 Å². The fourth-order valence-electron chi connectivity index (χ4n) is 3.72. The summed E-state index contributed by atoms with van der Waals surface area (Å²) in [6.07, 6.45) is 1.39. The Morgan fingerprint density at radius 2 is 1.92 bits per heavy atom. The molecule has 0 aliphatic heterocycles. The molecular formula is C25H21ClF2N5O2P. The van der Waals surface area contributed by atoms with Gasteiger partial charge in [0.25, 0.3) is 0 Å². The van der Waals surface area contributed by atoms with Gasteiger partial charge in [-0.2, -0.15) is 5.26 Å². The Balaban J connectivity index is 1.86. The molecule has 36 heavy (non-hydrogen) atoms. The molecule has 3 aromatic heterocycles. The quantitative estimate of drug-likeness (QED) is 0.332. The van der Waals surface area contributed by atoms with Gasteiger partial charge in [0.2, 0.25) is 0 Å². The van der Waals surface area contributed by atoms with Crippen LogP contribution in [0.3, 0.4) is 0 Å². The van der Waals surface area contributed by atoms with Crippen molar-refractivity contribution in [2.45, 2.75) is 13.0 Å². The molecule has 1 aromatic carbocycles. The molecule has 4 rings (SSSR count). The summed E-state index contributed by atoms with van der Waals surface area (Å²) in [5.74, 6) is -1.28. The summed E-state index contributed by atoms with van der Waals surface area (Å²) in [7, 11) is -2.60. The molecule has 184 valence electrons. The number of aromatic nitrogens is 3. The van der Waals surface area contributed by atoms with E-state index in [1.54, 1.807) is 32.4 Å². The number of hydrogen-bond donors (Lipinski definition) is 2. The Bertz CT molecular complexity index is 1570. The molecule has 11 heteroatoms. The van der Waals surface area contributed by atoms with Gasteiger partial charge in [0.1, 0.15) is 24.2 Å². The van der Waals surface area contributed by atoms with E-state index in [1.807, 2.05) is 6.07 Å². The van der Waals surface area contributed by atoms with Crippen molar-refractivity contribution in [2.24, 2.45) is 0 Å². The van der Waals surface area contributed by atoms with Crippen LogP contribution in [0.4, 0.5) is 14.5 Å². The Morgan fingerprint density at radius 3 is 2.53 bits per heavy atom. The van der Waals surface area contributed by atoms with Gasteiger partial charge >= 0.3 is 0 Å². The first-order chi connectivity index (χ1) is 17.0. The van der Waals surface area contributed by atoms with Crippen LogP contribution in [0.1, 0.15) is 22.9 Å². The number of hydrogen-bond acceptors (Lipinski definition) is 7. The first-order valence-corrected chi connectivity index (χ1v) is 13.8. The number of aliphatic hydroxyl groups excluding tert-OH is 1. The van der Waals surface area contributed by atoms with Crippen molar-refractivity contribution in [2.75, 3.05) is 25.3 Å². The van der Waals surface area contributed by atoms with E-state index in [0.717, 1.165) is 6.07 Å². The van der Waals surface area contributed by atoms with Crippen molar-refractivity contribution in [1.29, 1.82) is 5.26 Å². The SMILES string of the molecule is Cc1nc2cc(F)c(-c3ccc(P(C)(C)=O)nc3)nc2c(N[C@H](CO)c2cc(C#N)ccc2F)c1Cl. The van der Waals surface area contributed by atoms with E-state index < -0.39 is 31.4 Å². The molecule has 0 saturated heterocycles. The maximum absolute atomic E-state index is 15.1. The van der Waals surface area contributed by atoms with E-state index in [9.17, 15) is 19.3 Å². The number of nitriles is 1. The van der Waals surface area contributed by atoms with E-state index in [2.05, 4.69) is 20.3 Å². The average molecular weight is 528 g/mol. The standard InChI is InChI=1S/C25H21ClF2N5O2P/c1-13-22(26)25(32-20(12-34)16-8-14(10-29)4-6-17(16)27)24-19(31-13)9-18(28)23(33-24)15-5-7-21(30-11-15)36(2,3)35/h4-9,11,20,34H,12H2,1-3H3,(H,31,32)/t20-/m1/s1. The summed E-state index contributed by atoms with van der Waals surface area (Å²) in [5, 5.41) is 22.4. The third-order valence-electron chi connectivity index (χ3n) is 5.59. The largest absolute Gasteiger partial charge is 0.394 e. The summed E-state index contributed by atoms with van der Waals surface area (Å²) in [4.78, 5) is 13.0. The highest BCUT2D eigenvalue weighted by molar-refractivity contribution is 7.69. The van der Waals surface area contributed by atoms with Crippen LogP contribution in [-0.2, 0) is 4.57 Å². The topological polar surface area (TPSA) is 112 Å². The lowest BCUT2D eigenvalue weighted by atomic mass is 10.0. The molecule has 0 spiro atoms. The lowest BCUT2D eigenvalue weighted by Crippen LogP contribution is -2.18. The van der Waals surface area contributed by atoms with Crippen LogP contribution >= 0.6 is 18.7 Å². The number of nitrogens with zero attached hydrogens (tertiary/aromatic N) is 4. The van der Waals surface area contributed by atoms with E-state index in [4.69, 9.17) is 11.6 Å². The van der Waals surface area contributed by atoms with Gasteiger partial charge < -0.3 is 15.0 Å². The zero-order valence-electron chi connectivity index (χ0n) is 19.6. The molecule has 0 aliphatic rings. The van der Waals surface area contributed by atoms with Gasteiger partial charge in [0.15, 0.2) is 5.82 Å². The normalized spacial score (nSPS) is 12.4. The highest BCUT2D eigenvalue weighted by Crippen LogP contribution is 2.37. The molecule has 2 N–H and O–H groups in total. The Hall–Kier alpha value is -3.44. The van der Waals surface area contributed by atoms with E-state index >= 15 is 4.39 Å². The Morgan fingerprint density at radius 1 is 1.17 bits per heavy atom. The molecule has 3 heterocycles. The summed E-state index contributed by atoms with van der Waals surface area (Å²) in [6, 6.07) is 9.11. The van der Waals surface area contributed by atoms with Gasteiger partial charge in [-0.1, -0.05) is 11.6 Å². The van der Waals surface area contributed by atoms with Gasteiger partial charge in [0, 0.05) is 23.4 Å². The molecule has 0 radical (unpaired) electrons. The molecule has 0 bridgehead atoms. The molecule has 0 saturated carbocycles. The number of benzene rings is 1. The second kappa shape index (κ2) is 9.90. The highest BCUT2D eigenvalue weighted by atomic mass is 35.5. The predicted molar refractivity (Wildman–Crippen MR) is 136 cm³/mol. The summed E-state index contributed by atoms with van der Waals surface area (Å²) in [6.45, 7) is 4.27. The number of anilines is 1. The summed E-state index contributed by atoms with van der Waals surface area (Å²) in [5.41, 5.74) is 1.97. The second-order valence-corrected chi connectivity index (χ2v) is 12.1. The van der Waals surface area contributed by atoms with Crippen molar-refractivity contribution in [1.82, 2.24) is 15.0 Å². The number of rotatable bonds is 6. The average Bonchev–Trinajstić information content (AvgIpc) is 2.84. The van der Waals surface area contributed by atoms with Crippen LogP contribution in [0.5, 0.6) is 0 Å². The number of fused-ring (bicyclic) bond motifs is 1. The third kappa shape index (κ3) is 4.93. The summed E-state index contributed by atoms with van der Waals surface area (Å²) < 4.78 is 42.0. The van der Waals surface area contributed by atoms with Crippen LogP contribution in [0.2, 0.25) is 5.02 Å². The Kier molecular flexibility index (Phi) is 7.05. The molecule has 0 amide bonds. The number of nitrogens with one attached hydrogen (secondary N) is 1. The fourth-order valence-corrected chi connectivity index (χ4v) is 4.67. The number of aryl methyl sites for hydroxylation is 1.